The van der Waals surface area contributed by atoms with Gasteiger partial charge in [-0.2, -0.15) is 0 Å². The molecule has 0 bridgehead atoms. The smallest absolute Gasteiger partial charge is 0.139 e. The quantitative estimate of drug-likeness (QED) is 0.788. The van der Waals surface area contributed by atoms with Crippen molar-refractivity contribution < 1.29 is 4.39 Å². The van der Waals surface area contributed by atoms with Crippen molar-refractivity contribution in [3.8, 4) is 0 Å². The average molecular weight is 322 g/mol. The molecule has 0 amide bonds. The number of benzene rings is 2. The van der Waals surface area contributed by atoms with Crippen molar-refractivity contribution in [1.29, 1.82) is 0 Å². The average Bonchev–Trinajstić information content (AvgIpc) is 2.41. The van der Waals surface area contributed by atoms with E-state index in [0.29, 0.717) is 4.47 Å². The van der Waals surface area contributed by atoms with Gasteiger partial charge in [-0.25, -0.2) is 4.39 Å². The van der Waals surface area contributed by atoms with Crippen LogP contribution >= 0.6 is 15.9 Å². The highest BCUT2D eigenvalue weighted by Gasteiger charge is 2.10. The van der Waals surface area contributed by atoms with Gasteiger partial charge in [0.1, 0.15) is 5.82 Å². The lowest BCUT2D eigenvalue weighted by atomic mass is 10.0. The van der Waals surface area contributed by atoms with Gasteiger partial charge >= 0.3 is 0 Å². The highest BCUT2D eigenvalue weighted by molar-refractivity contribution is 9.10. The summed E-state index contributed by atoms with van der Waals surface area (Å²) in [6.45, 7) is 4.19. The Hall–Kier alpha value is -1.35. The maximum Gasteiger partial charge on any atom is 0.139 e. The molecule has 1 N–H and O–H groups in total. The minimum atomic E-state index is -0.247. The molecule has 0 aliphatic rings. The molecule has 0 aromatic heterocycles. The standard InChI is InChI=1S/C16H17BrFN/c1-3-16(12-6-4-11(2)5-7-12)19-13-8-9-14(17)15(18)10-13/h4-10,16,19H,3H2,1-2H3. The summed E-state index contributed by atoms with van der Waals surface area (Å²) in [5.74, 6) is -0.247. The molecule has 0 heterocycles. The van der Waals surface area contributed by atoms with E-state index < -0.39 is 0 Å². The Morgan fingerprint density at radius 2 is 1.84 bits per heavy atom. The molecule has 19 heavy (non-hydrogen) atoms. The van der Waals surface area contributed by atoms with Gasteiger partial charge in [-0.1, -0.05) is 36.8 Å². The third-order valence-corrected chi connectivity index (χ3v) is 3.79. The molecule has 0 aliphatic carbocycles. The van der Waals surface area contributed by atoms with Crippen LogP contribution in [0.2, 0.25) is 0 Å². The van der Waals surface area contributed by atoms with E-state index in [4.69, 9.17) is 0 Å². The van der Waals surface area contributed by atoms with Crippen LogP contribution in [0.15, 0.2) is 46.9 Å². The molecule has 100 valence electrons. The van der Waals surface area contributed by atoms with Crippen molar-refractivity contribution in [3.63, 3.8) is 0 Å². The van der Waals surface area contributed by atoms with E-state index in [2.05, 4.69) is 59.4 Å². The highest BCUT2D eigenvalue weighted by Crippen LogP contribution is 2.25. The number of rotatable bonds is 4. The SMILES string of the molecule is CCC(Nc1ccc(Br)c(F)c1)c1ccc(C)cc1. The third-order valence-electron chi connectivity index (χ3n) is 3.15. The Bertz CT molecular complexity index is 551. The monoisotopic (exact) mass is 321 g/mol. The fourth-order valence-corrected chi connectivity index (χ4v) is 2.25. The molecule has 2 aromatic carbocycles. The first kappa shape index (κ1) is 14.1. The first-order chi connectivity index (χ1) is 9.10. The predicted octanol–water partition coefficient (Wildman–Crippen LogP) is 5.46. The second kappa shape index (κ2) is 6.20. The normalized spacial score (nSPS) is 12.2. The number of hydrogen-bond acceptors (Lipinski definition) is 1. The Morgan fingerprint density at radius 3 is 2.42 bits per heavy atom. The molecule has 1 atom stereocenters. The van der Waals surface area contributed by atoms with E-state index in [1.807, 2.05) is 6.07 Å². The van der Waals surface area contributed by atoms with Gasteiger partial charge in [0.2, 0.25) is 0 Å². The second-order valence-electron chi connectivity index (χ2n) is 4.64. The summed E-state index contributed by atoms with van der Waals surface area (Å²) < 4.78 is 14.0. The minimum absolute atomic E-state index is 0.196. The van der Waals surface area contributed by atoms with Gasteiger partial charge in [0.05, 0.1) is 10.5 Å². The summed E-state index contributed by atoms with van der Waals surface area (Å²) in [6.07, 6.45) is 0.945. The molecule has 3 heteroatoms. The van der Waals surface area contributed by atoms with Gasteiger partial charge in [-0.15, -0.1) is 0 Å². The molecule has 0 saturated carbocycles. The van der Waals surface area contributed by atoms with Crippen LogP contribution in [-0.2, 0) is 0 Å². The Kier molecular flexibility index (Phi) is 4.59. The van der Waals surface area contributed by atoms with E-state index >= 15 is 0 Å². The zero-order valence-corrected chi connectivity index (χ0v) is 12.7. The van der Waals surface area contributed by atoms with Gasteiger partial charge < -0.3 is 5.32 Å². The van der Waals surface area contributed by atoms with Crippen LogP contribution in [0, 0.1) is 12.7 Å². The summed E-state index contributed by atoms with van der Waals surface area (Å²) in [7, 11) is 0. The second-order valence-corrected chi connectivity index (χ2v) is 5.50. The first-order valence-corrected chi connectivity index (χ1v) is 7.17. The topological polar surface area (TPSA) is 12.0 Å². The zero-order chi connectivity index (χ0) is 13.8. The summed E-state index contributed by atoms with van der Waals surface area (Å²) >= 11 is 3.16. The van der Waals surface area contributed by atoms with Crippen LogP contribution in [0.25, 0.3) is 0 Å². The van der Waals surface area contributed by atoms with Gasteiger partial charge in [-0.3, -0.25) is 0 Å². The van der Waals surface area contributed by atoms with Gasteiger partial charge in [-0.05, 0) is 53.0 Å². The van der Waals surface area contributed by atoms with Gasteiger partial charge in [0, 0.05) is 5.69 Å². The van der Waals surface area contributed by atoms with Crippen LogP contribution < -0.4 is 5.32 Å². The molecule has 0 fully saturated rings. The van der Waals surface area contributed by atoms with Crippen molar-refractivity contribution in [1.82, 2.24) is 0 Å². The lowest BCUT2D eigenvalue weighted by Gasteiger charge is -2.19. The number of aryl methyl sites for hydroxylation is 1. The van der Waals surface area contributed by atoms with E-state index in [9.17, 15) is 4.39 Å². The third kappa shape index (κ3) is 3.57. The first-order valence-electron chi connectivity index (χ1n) is 6.38. The van der Waals surface area contributed by atoms with Crippen LogP contribution in [-0.4, -0.2) is 0 Å². The molecule has 0 aliphatic heterocycles. The van der Waals surface area contributed by atoms with Crippen molar-refractivity contribution >= 4 is 21.6 Å². The molecule has 0 radical (unpaired) electrons. The van der Waals surface area contributed by atoms with E-state index in [0.717, 1.165) is 12.1 Å². The zero-order valence-electron chi connectivity index (χ0n) is 11.1. The maximum atomic E-state index is 13.5. The molecular formula is C16H17BrFN. The predicted molar refractivity (Wildman–Crippen MR) is 81.9 cm³/mol. The molecule has 2 aromatic rings. The Balaban J connectivity index is 2.18. The lowest BCUT2D eigenvalue weighted by Crippen LogP contribution is -2.09. The summed E-state index contributed by atoms with van der Waals surface area (Å²) in [5, 5.41) is 3.37. The van der Waals surface area contributed by atoms with Crippen LogP contribution in [0.4, 0.5) is 10.1 Å². The largest absolute Gasteiger partial charge is 0.378 e. The van der Waals surface area contributed by atoms with E-state index in [-0.39, 0.29) is 11.9 Å². The van der Waals surface area contributed by atoms with Crippen LogP contribution in [0.1, 0.15) is 30.5 Å². The fourth-order valence-electron chi connectivity index (χ4n) is 2.01. The number of hydrogen-bond donors (Lipinski definition) is 1. The van der Waals surface area contributed by atoms with Crippen molar-refractivity contribution in [2.75, 3.05) is 5.32 Å². The number of halogens is 2. The summed E-state index contributed by atoms with van der Waals surface area (Å²) in [6, 6.07) is 13.7. The Morgan fingerprint density at radius 1 is 1.16 bits per heavy atom. The maximum absolute atomic E-state index is 13.5. The van der Waals surface area contributed by atoms with E-state index in [1.165, 1.54) is 17.2 Å². The molecule has 2 rings (SSSR count). The summed E-state index contributed by atoms with van der Waals surface area (Å²) in [4.78, 5) is 0. The molecule has 0 spiro atoms. The fraction of sp³-hybridized carbons (Fsp3) is 0.250. The molecule has 1 unspecified atom stereocenters. The highest BCUT2D eigenvalue weighted by atomic mass is 79.9. The summed E-state index contributed by atoms with van der Waals surface area (Å²) in [5.41, 5.74) is 3.26. The lowest BCUT2D eigenvalue weighted by molar-refractivity contribution is 0.620. The van der Waals surface area contributed by atoms with Crippen molar-refractivity contribution in [2.24, 2.45) is 0 Å². The van der Waals surface area contributed by atoms with Gasteiger partial charge in [0.25, 0.3) is 0 Å². The number of nitrogens with one attached hydrogen (secondary N) is 1. The van der Waals surface area contributed by atoms with Crippen LogP contribution in [0.5, 0.6) is 0 Å². The molecule has 0 saturated heterocycles. The number of anilines is 1. The van der Waals surface area contributed by atoms with Crippen molar-refractivity contribution in [3.05, 3.63) is 63.9 Å². The van der Waals surface area contributed by atoms with E-state index in [1.54, 1.807) is 6.07 Å². The molecular weight excluding hydrogens is 305 g/mol. The van der Waals surface area contributed by atoms with Crippen LogP contribution in [0.3, 0.4) is 0 Å². The van der Waals surface area contributed by atoms with Gasteiger partial charge in [0.15, 0.2) is 0 Å². The Labute approximate surface area is 122 Å². The van der Waals surface area contributed by atoms with Crippen molar-refractivity contribution in [2.45, 2.75) is 26.3 Å². The molecule has 1 nitrogen and oxygen atoms in total. The minimum Gasteiger partial charge on any atom is -0.378 e.